The Kier molecular flexibility index (Phi) is 5.64. The van der Waals surface area contributed by atoms with E-state index in [1.54, 1.807) is 0 Å². The van der Waals surface area contributed by atoms with Crippen molar-refractivity contribution < 1.29 is 4.42 Å². The highest BCUT2D eigenvalue weighted by Gasteiger charge is 2.22. The van der Waals surface area contributed by atoms with E-state index in [2.05, 4.69) is 170 Å². The van der Waals surface area contributed by atoms with Crippen molar-refractivity contribution in [2.24, 2.45) is 0 Å². The standard InChI is InChI=1S/C46H28O/c1-3-13-29(14-4-1)31-17-11-18-32(25-31)34-27-40-39(26-33-19-12-24-41-44(33)46(40)42(28-34)47-41)45-37-22-9-7-20-35(37)43(30-15-5-2-6-16-30)36-21-8-10-23-38(36)45/h1-28H. The molecule has 0 saturated heterocycles. The van der Waals surface area contributed by atoms with E-state index < -0.39 is 0 Å². The summed E-state index contributed by atoms with van der Waals surface area (Å²) in [5, 5.41) is 9.81. The molecule has 0 unspecified atom stereocenters. The fourth-order valence-corrected chi connectivity index (χ4v) is 7.76. The molecule has 0 aliphatic carbocycles. The van der Waals surface area contributed by atoms with Gasteiger partial charge in [0, 0.05) is 10.8 Å². The number of fused-ring (bicyclic) bond motifs is 2. The predicted octanol–water partition coefficient (Wildman–Crippen LogP) is 13.2. The summed E-state index contributed by atoms with van der Waals surface area (Å²) in [6.45, 7) is 0. The van der Waals surface area contributed by atoms with E-state index in [1.807, 2.05) is 0 Å². The molecule has 0 aliphatic rings. The van der Waals surface area contributed by atoms with E-state index in [1.165, 1.54) is 82.0 Å². The van der Waals surface area contributed by atoms with E-state index in [0.717, 1.165) is 16.7 Å². The van der Waals surface area contributed by atoms with Crippen LogP contribution in [0.25, 0.3) is 98.8 Å². The van der Waals surface area contributed by atoms with Gasteiger partial charge in [-0.2, -0.15) is 0 Å². The van der Waals surface area contributed by atoms with E-state index in [-0.39, 0.29) is 0 Å². The maximum atomic E-state index is 6.63. The second-order valence-corrected chi connectivity index (χ2v) is 12.4. The molecule has 0 bridgehead atoms. The van der Waals surface area contributed by atoms with Gasteiger partial charge in [-0.25, -0.2) is 0 Å². The Hall–Kier alpha value is -6.18. The van der Waals surface area contributed by atoms with Gasteiger partial charge in [0.05, 0.1) is 0 Å². The van der Waals surface area contributed by atoms with E-state index >= 15 is 0 Å². The molecule has 10 rings (SSSR count). The normalized spacial score (nSPS) is 11.8. The average Bonchev–Trinajstić information content (AvgIpc) is 3.53. The number of rotatable bonds is 4. The minimum atomic E-state index is 0.921. The molecule has 0 amide bonds. The number of furan rings is 1. The topological polar surface area (TPSA) is 13.1 Å². The Labute approximate surface area is 272 Å². The summed E-state index contributed by atoms with van der Waals surface area (Å²) in [6.07, 6.45) is 0. The maximum Gasteiger partial charge on any atom is 0.136 e. The third-order valence-electron chi connectivity index (χ3n) is 9.79. The smallest absolute Gasteiger partial charge is 0.136 e. The Morgan fingerprint density at radius 1 is 0.298 bits per heavy atom. The Morgan fingerprint density at radius 3 is 1.53 bits per heavy atom. The lowest BCUT2D eigenvalue weighted by atomic mass is 9.83. The molecule has 1 heterocycles. The van der Waals surface area contributed by atoms with Gasteiger partial charge >= 0.3 is 0 Å². The molecule has 9 aromatic carbocycles. The van der Waals surface area contributed by atoms with Crippen LogP contribution >= 0.6 is 0 Å². The minimum absolute atomic E-state index is 0.921. The highest BCUT2D eigenvalue weighted by molar-refractivity contribution is 6.30. The van der Waals surface area contributed by atoms with Crippen LogP contribution in [0.5, 0.6) is 0 Å². The van der Waals surface area contributed by atoms with Crippen molar-refractivity contribution in [1.82, 2.24) is 0 Å². The van der Waals surface area contributed by atoms with Crippen molar-refractivity contribution in [3.8, 4) is 44.5 Å². The van der Waals surface area contributed by atoms with Gasteiger partial charge in [-0.3, -0.25) is 0 Å². The summed E-state index contributed by atoms with van der Waals surface area (Å²) >= 11 is 0. The van der Waals surface area contributed by atoms with Gasteiger partial charge in [0.1, 0.15) is 11.2 Å². The van der Waals surface area contributed by atoms with E-state index in [4.69, 9.17) is 4.42 Å². The van der Waals surface area contributed by atoms with Crippen LogP contribution in [0.15, 0.2) is 174 Å². The summed E-state index contributed by atoms with van der Waals surface area (Å²) in [5.41, 5.74) is 11.6. The third-order valence-corrected chi connectivity index (χ3v) is 9.79. The van der Waals surface area contributed by atoms with Crippen LogP contribution in [0.2, 0.25) is 0 Å². The van der Waals surface area contributed by atoms with Crippen molar-refractivity contribution in [2.45, 2.75) is 0 Å². The quantitative estimate of drug-likeness (QED) is 0.145. The first kappa shape index (κ1) is 26.1. The lowest BCUT2D eigenvalue weighted by Gasteiger charge is -2.19. The van der Waals surface area contributed by atoms with Gasteiger partial charge in [-0.1, -0.05) is 140 Å². The first-order valence-electron chi connectivity index (χ1n) is 16.2. The molecule has 0 atom stereocenters. The van der Waals surface area contributed by atoms with Crippen molar-refractivity contribution in [1.29, 1.82) is 0 Å². The third kappa shape index (κ3) is 3.97. The minimum Gasteiger partial charge on any atom is -0.456 e. The molecule has 0 radical (unpaired) electrons. The summed E-state index contributed by atoms with van der Waals surface area (Å²) in [6, 6.07) is 61.5. The van der Waals surface area contributed by atoms with Gasteiger partial charge in [0.25, 0.3) is 0 Å². The maximum absolute atomic E-state index is 6.63. The van der Waals surface area contributed by atoms with Crippen LogP contribution in [-0.4, -0.2) is 0 Å². The lowest BCUT2D eigenvalue weighted by Crippen LogP contribution is -1.92. The molecular weight excluding hydrogens is 569 g/mol. The van der Waals surface area contributed by atoms with Gasteiger partial charge < -0.3 is 4.42 Å². The summed E-state index contributed by atoms with van der Waals surface area (Å²) < 4.78 is 6.63. The second-order valence-electron chi connectivity index (χ2n) is 12.4. The molecule has 0 saturated carbocycles. The first-order chi connectivity index (χ1) is 23.3. The molecular formula is C46H28O. The number of hydrogen-bond acceptors (Lipinski definition) is 1. The first-order valence-corrected chi connectivity index (χ1v) is 16.2. The lowest BCUT2D eigenvalue weighted by molar-refractivity contribution is 0.669. The monoisotopic (exact) mass is 596 g/mol. The van der Waals surface area contributed by atoms with Crippen molar-refractivity contribution in [2.75, 3.05) is 0 Å². The van der Waals surface area contributed by atoms with Crippen molar-refractivity contribution >= 4 is 54.3 Å². The zero-order chi connectivity index (χ0) is 30.9. The zero-order valence-corrected chi connectivity index (χ0v) is 25.6. The molecule has 47 heavy (non-hydrogen) atoms. The van der Waals surface area contributed by atoms with Crippen molar-refractivity contribution in [3.63, 3.8) is 0 Å². The highest BCUT2D eigenvalue weighted by Crippen LogP contribution is 2.49. The van der Waals surface area contributed by atoms with Crippen LogP contribution < -0.4 is 0 Å². The predicted molar refractivity (Wildman–Crippen MR) is 199 cm³/mol. The van der Waals surface area contributed by atoms with Crippen molar-refractivity contribution in [3.05, 3.63) is 170 Å². The fourth-order valence-electron chi connectivity index (χ4n) is 7.76. The molecule has 0 aliphatic heterocycles. The Bertz CT molecular complexity index is 2710. The molecule has 218 valence electrons. The van der Waals surface area contributed by atoms with Gasteiger partial charge in [0.15, 0.2) is 0 Å². The summed E-state index contributed by atoms with van der Waals surface area (Å²) in [4.78, 5) is 0. The zero-order valence-electron chi connectivity index (χ0n) is 25.6. The molecule has 0 N–H and O–H groups in total. The molecule has 1 aromatic heterocycles. The molecule has 0 fully saturated rings. The Balaban J connectivity index is 1.33. The van der Waals surface area contributed by atoms with Crippen LogP contribution in [0.3, 0.4) is 0 Å². The summed E-state index contributed by atoms with van der Waals surface area (Å²) in [5.74, 6) is 0. The Morgan fingerprint density at radius 2 is 0.851 bits per heavy atom. The van der Waals surface area contributed by atoms with Crippen LogP contribution in [0, 0.1) is 0 Å². The molecule has 1 heteroatoms. The number of benzene rings is 9. The van der Waals surface area contributed by atoms with E-state index in [9.17, 15) is 0 Å². The molecule has 10 aromatic rings. The van der Waals surface area contributed by atoms with Crippen LogP contribution in [0.1, 0.15) is 0 Å². The number of hydrogen-bond donors (Lipinski definition) is 0. The second kappa shape index (κ2) is 10.2. The van der Waals surface area contributed by atoms with Gasteiger partial charge in [-0.05, 0) is 107 Å². The summed E-state index contributed by atoms with van der Waals surface area (Å²) in [7, 11) is 0. The highest BCUT2D eigenvalue weighted by atomic mass is 16.3. The molecule has 0 spiro atoms. The van der Waals surface area contributed by atoms with Crippen LogP contribution in [-0.2, 0) is 0 Å². The average molecular weight is 597 g/mol. The molecule has 1 nitrogen and oxygen atoms in total. The van der Waals surface area contributed by atoms with Gasteiger partial charge in [0.2, 0.25) is 0 Å². The van der Waals surface area contributed by atoms with E-state index in [0.29, 0.717) is 0 Å². The van der Waals surface area contributed by atoms with Gasteiger partial charge in [-0.15, -0.1) is 0 Å². The SMILES string of the molecule is c1ccc(-c2cccc(-c3cc4oc5cccc6cc(-c7c8ccccc8c(-c8ccccc8)c8ccccc78)c(c3)c4c65)c2)cc1. The fraction of sp³-hybridized carbons (Fsp3) is 0. The largest absolute Gasteiger partial charge is 0.456 e. The van der Waals surface area contributed by atoms with Crippen LogP contribution in [0.4, 0.5) is 0 Å².